The number of Topliss-reactive ketones (excluding diaryl/α,β-unsaturated/α-hetero) is 1. The smallest absolute Gasteiger partial charge is 0.140 e. The number of halogens is 1. The third kappa shape index (κ3) is 1.57. The molecule has 0 heterocycles. The van der Waals surface area contributed by atoms with Crippen molar-refractivity contribution in [2.24, 2.45) is 0 Å². The quantitative estimate of drug-likeness (QED) is 0.704. The van der Waals surface area contributed by atoms with E-state index in [1.54, 1.807) is 6.07 Å². The topological polar surface area (TPSA) is 17.1 Å². The normalized spacial score (nSPS) is 21.5. The summed E-state index contributed by atoms with van der Waals surface area (Å²) in [7, 11) is 0. The second-order valence-corrected chi connectivity index (χ2v) is 3.74. The van der Waals surface area contributed by atoms with Crippen molar-refractivity contribution in [1.82, 2.24) is 0 Å². The molecule has 0 amide bonds. The molecule has 1 nitrogen and oxygen atoms in total. The molecule has 1 aliphatic rings. The Balaban J connectivity index is 2.35. The van der Waals surface area contributed by atoms with Crippen LogP contribution in [-0.4, -0.2) is 5.78 Å². The Morgan fingerprint density at radius 1 is 1.36 bits per heavy atom. The highest BCUT2D eigenvalue weighted by atomic mass is 19.1. The van der Waals surface area contributed by atoms with Crippen LogP contribution in [0.1, 0.15) is 36.3 Å². The first-order valence-corrected chi connectivity index (χ1v) is 4.99. The fourth-order valence-electron chi connectivity index (χ4n) is 2.14. The lowest BCUT2D eigenvalue weighted by Crippen LogP contribution is -2.06. The number of hydrogen-bond acceptors (Lipinski definition) is 1. The zero-order valence-corrected chi connectivity index (χ0v) is 8.00. The summed E-state index contributed by atoms with van der Waals surface area (Å²) in [5.74, 6) is 0.229. The van der Waals surface area contributed by atoms with Crippen LogP contribution in [0.25, 0.3) is 0 Å². The molecule has 1 aromatic carbocycles. The maximum absolute atomic E-state index is 12.7. The minimum atomic E-state index is -0.472. The molecular weight excluding hydrogens is 179 g/mol. The second-order valence-electron chi connectivity index (χ2n) is 3.74. The van der Waals surface area contributed by atoms with Crippen LogP contribution in [0.4, 0.5) is 4.39 Å². The molecule has 14 heavy (non-hydrogen) atoms. The maximum Gasteiger partial charge on any atom is 0.140 e. The molecule has 0 spiro atoms. The van der Waals surface area contributed by atoms with E-state index in [9.17, 15) is 9.18 Å². The molecule has 0 saturated heterocycles. The van der Waals surface area contributed by atoms with Crippen LogP contribution in [0.2, 0.25) is 0 Å². The summed E-state index contributed by atoms with van der Waals surface area (Å²) < 4.78 is 12.7. The molecule has 1 atom stereocenters. The average Bonchev–Trinajstić information content (AvgIpc) is 2.64. The summed E-state index contributed by atoms with van der Waals surface area (Å²) in [6.07, 6.45) is 2.49. The summed E-state index contributed by atoms with van der Waals surface area (Å²) in [6.45, 7) is -0.472. The lowest BCUT2D eigenvalue weighted by atomic mass is 9.93. The van der Waals surface area contributed by atoms with Crippen molar-refractivity contribution in [2.45, 2.75) is 31.9 Å². The number of hydrogen-bond donors (Lipinski definition) is 0. The van der Waals surface area contributed by atoms with Crippen LogP contribution in [0.15, 0.2) is 24.3 Å². The Kier molecular flexibility index (Phi) is 2.62. The predicted octanol–water partition coefficient (Wildman–Crippen LogP) is 2.99. The van der Waals surface area contributed by atoms with Gasteiger partial charge in [-0.2, -0.15) is 0 Å². The highest BCUT2D eigenvalue weighted by Crippen LogP contribution is 2.33. The van der Waals surface area contributed by atoms with Crippen LogP contribution in [0, 0.1) is 0 Å². The number of rotatable bonds is 2. The van der Waals surface area contributed by atoms with E-state index in [2.05, 4.69) is 0 Å². The van der Waals surface area contributed by atoms with E-state index in [0.717, 1.165) is 18.4 Å². The van der Waals surface area contributed by atoms with Crippen molar-refractivity contribution in [1.29, 1.82) is 0 Å². The molecule has 2 rings (SSSR count). The Morgan fingerprint density at radius 3 is 2.79 bits per heavy atom. The minimum Gasteiger partial charge on any atom is -0.299 e. The van der Waals surface area contributed by atoms with Gasteiger partial charge in [0.15, 0.2) is 0 Å². The van der Waals surface area contributed by atoms with Gasteiger partial charge in [-0.3, -0.25) is 4.79 Å². The standard InChI is InChI=1S/C12H13FO/c13-8-9-4-1-2-5-10(9)11-6-3-7-12(11)14/h1-2,4-5,11H,3,6-8H2. The van der Waals surface area contributed by atoms with Gasteiger partial charge >= 0.3 is 0 Å². The van der Waals surface area contributed by atoms with Crippen LogP contribution in [-0.2, 0) is 11.5 Å². The Labute approximate surface area is 82.9 Å². The number of benzene rings is 1. The van der Waals surface area contributed by atoms with Crippen molar-refractivity contribution in [2.75, 3.05) is 0 Å². The maximum atomic E-state index is 12.7. The summed E-state index contributed by atoms with van der Waals surface area (Å²) >= 11 is 0. The molecule has 0 aliphatic heterocycles. The summed E-state index contributed by atoms with van der Waals surface area (Å²) in [4.78, 5) is 11.5. The zero-order chi connectivity index (χ0) is 9.97. The summed E-state index contributed by atoms with van der Waals surface area (Å²) in [6, 6.07) is 7.33. The van der Waals surface area contributed by atoms with Crippen LogP contribution < -0.4 is 0 Å². The zero-order valence-electron chi connectivity index (χ0n) is 8.00. The van der Waals surface area contributed by atoms with E-state index < -0.39 is 6.67 Å². The lowest BCUT2D eigenvalue weighted by molar-refractivity contribution is -0.118. The van der Waals surface area contributed by atoms with E-state index in [-0.39, 0.29) is 11.7 Å². The van der Waals surface area contributed by atoms with Crippen molar-refractivity contribution >= 4 is 5.78 Å². The molecule has 0 bridgehead atoms. The van der Waals surface area contributed by atoms with Gasteiger partial charge in [0.1, 0.15) is 12.5 Å². The van der Waals surface area contributed by atoms with E-state index in [4.69, 9.17) is 0 Å². The first kappa shape index (κ1) is 9.38. The van der Waals surface area contributed by atoms with Gasteiger partial charge in [0.2, 0.25) is 0 Å². The minimum absolute atomic E-state index is 0.0399. The number of alkyl halides is 1. The van der Waals surface area contributed by atoms with Gasteiger partial charge in [-0.05, 0) is 24.0 Å². The number of carbonyl (C=O) groups is 1. The fraction of sp³-hybridized carbons (Fsp3) is 0.417. The molecule has 0 N–H and O–H groups in total. The van der Waals surface area contributed by atoms with Crippen LogP contribution in [0.3, 0.4) is 0 Å². The van der Waals surface area contributed by atoms with E-state index in [1.807, 2.05) is 18.2 Å². The van der Waals surface area contributed by atoms with Crippen molar-refractivity contribution in [3.05, 3.63) is 35.4 Å². The predicted molar refractivity (Wildman–Crippen MR) is 52.9 cm³/mol. The fourth-order valence-corrected chi connectivity index (χ4v) is 2.14. The van der Waals surface area contributed by atoms with Gasteiger partial charge in [0.05, 0.1) is 0 Å². The van der Waals surface area contributed by atoms with Crippen molar-refractivity contribution in [3.63, 3.8) is 0 Å². The molecular formula is C12H13FO. The largest absolute Gasteiger partial charge is 0.299 e. The molecule has 0 radical (unpaired) electrons. The molecule has 1 saturated carbocycles. The van der Waals surface area contributed by atoms with Crippen molar-refractivity contribution in [3.8, 4) is 0 Å². The van der Waals surface area contributed by atoms with Gasteiger partial charge in [0, 0.05) is 12.3 Å². The van der Waals surface area contributed by atoms with E-state index in [1.165, 1.54) is 0 Å². The Morgan fingerprint density at radius 2 is 2.14 bits per heavy atom. The van der Waals surface area contributed by atoms with E-state index in [0.29, 0.717) is 12.0 Å². The molecule has 0 aromatic heterocycles. The number of ketones is 1. The van der Waals surface area contributed by atoms with Gasteiger partial charge in [-0.15, -0.1) is 0 Å². The highest BCUT2D eigenvalue weighted by molar-refractivity contribution is 5.87. The van der Waals surface area contributed by atoms with Crippen LogP contribution >= 0.6 is 0 Å². The Bertz CT molecular complexity index is 346. The third-order valence-corrected chi connectivity index (χ3v) is 2.88. The molecule has 74 valence electrons. The molecule has 1 aromatic rings. The Hall–Kier alpha value is -1.18. The lowest BCUT2D eigenvalue weighted by Gasteiger charge is -2.11. The summed E-state index contributed by atoms with van der Waals surface area (Å²) in [5, 5.41) is 0. The molecule has 2 heteroatoms. The number of carbonyl (C=O) groups excluding carboxylic acids is 1. The molecule has 1 unspecified atom stereocenters. The first-order chi connectivity index (χ1) is 6.83. The van der Waals surface area contributed by atoms with Crippen LogP contribution in [0.5, 0.6) is 0 Å². The van der Waals surface area contributed by atoms with Crippen molar-refractivity contribution < 1.29 is 9.18 Å². The van der Waals surface area contributed by atoms with Gasteiger partial charge in [-0.1, -0.05) is 24.3 Å². The molecule has 1 aliphatic carbocycles. The first-order valence-electron chi connectivity index (χ1n) is 4.99. The monoisotopic (exact) mass is 192 g/mol. The highest BCUT2D eigenvalue weighted by Gasteiger charge is 2.27. The van der Waals surface area contributed by atoms with E-state index >= 15 is 0 Å². The SMILES string of the molecule is O=C1CCCC1c1ccccc1CF. The van der Waals surface area contributed by atoms with Gasteiger partial charge in [-0.25, -0.2) is 4.39 Å². The third-order valence-electron chi connectivity index (χ3n) is 2.88. The molecule has 1 fully saturated rings. The van der Waals surface area contributed by atoms with Gasteiger partial charge < -0.3 is 0 Å². The second kappa shape index (κ2) is 3.91. The van der Waals surface area contributed by atoms with Gasteiger partial charge in [0.25, 0.3) is 0 Å². The summed E-state index contributed by atoms with van der Waals surface area (Å²) in [5.41, 5.74) is 1.57. The average molecular weight is 192 g/mol.